The SMILES string of the molecule is Cc1ccc(N(C(=O)Cn2nnc3ccccc32)C(C(=O)NCCC(C)C)c2ccc(F)cc2)cc1F. The van der Waals surface area contributed by atoms with E-state index in [1.165, 1.54) is 39.9 Å². The molecule has 1 unspecified atom stereocenters. The van der Waals surface area contributed by atoms with Gasteiger partial charge in [-0.1, -0.05) is 49.4 Å². The van der Waals surface area contributed by atoms with Gasteiger partial charge >= 0.3 is 0 Å². The highest BCUT2D eigenvalue weighted by Crippen LogP contribution is 2.30. The average molecular weight is 506 g/mol. The molecule has 2 amide bonds. The van der Waals surface area contributed by atoms with Crippen LogP contribution in [0.25, 0.3) is 11.0 Å². The second kappa shape index (κ2) is 11.3. The van der Waals surface area contributed by atoms with Gasteiger partial charge in [-0.3, -0.25) is 14.5 Å². The highest BCUT2D eigenvalue weighted by atomic mass is 19.1. The van der Waals surface area contributed by atoms with E-state index in [1.807, 2.05) is 26.0 Å². The second-order valence-electron chi connectivity index (χ2n) is 9.36. The maximum absolute atomic E-state index is 14.7. The van der Waals surface area contributed by atoms with Crippen LogP contribution in [0.5, 0.6) is 0 Å². The molecule has 0 saturated heterocycles. The number of aryl methyl sites for hydroxylation is 1. The topological polar surface area (TPSA) is 80.1 Å². The molecule has 37 heavy (non-hydrogen) atoms. The Labute approximate surface area is 214 Å². The normalized spacial score (nSPS) is 12.1. The molecule has 7 nitrogen and oxygen atoms in total. The third-order valence-corrected chi connectivity index (χ3v) is 6.12. The highest BCUT2D eigenvalue weighted by molar-refractivity contribution is 6.01. The molecule has 4 aromatic rings. The molecule has 0 radical (unpaired) electrons. The van der Waals surface area contributed by atoms with E-state index in [4.69, 9.17) is 0 Å². The number of hydrogen-bond acceptors (Lipinski definition) is 4. The van der Waals surface area contributed by atoms with Gasteiger partial charge in [0.2, 0.25) is 11.8 Å². The first-order chi connectivity index (χ1) is 17.7. The number of fused-ring (bicyclic) bond motifs is 1. The van der Waals surface area contributed by atoms with Gasteiger partial charge in [-0.15, -0.1) is 5.10 Å². The molecule has 0 saturated carbocycles. The van der Waals surface area contributed by atoms with E-state index in [1.54, 1.807) is 31.2 Å². The fourth-order valence-corrected chi connectivity index (χ4v) is 4.05. The van der Waals surface area contributed by atoms with E-state index in [9.17, 15) is 18.4 Å². The molecule has 4 rings (SSSR count). The number of nitrogens with zero attached hydrogens (tertiary/aromatic N) is 4. The van der Waals surface area contributed by atoms with Gasteiger partial charge in [-0.05, 0) is 66.8 Å². The monoisotopic (exact) mass is 505 g/mol. The van der Waals surface area contributed by atoms with Crippen LogP contribution in [0.4, 0.5) is 14.5 Å². The Morgan fingerprint density at radius 1 is 1.03 bits per heavy atom. The van der Waals surface area contributed by atoms with Gasteiger partial charge in [0.05, 0.1) is 5.52 Å². The Hall–Kier alpha value is -4.14. The minimum Gasteiger partial charge on any atom is -0.354 e. The molecule has 1 aromatic heterocycles. The molecule has 192 valence electrons. The Morgan fingerprint density at radius 2 is 1.76 bits per heavy atom. The molecule has 0 fully saturated rings. The number of benzene rings is 3. The molecule has 9 heteroatoms. The van der Waals surface area contributed by atoms with Crippen LogP contribution in [-0.4, -0.2) is 33.4 Å². The summed E-state index contributed by atoms with van der Waals surface area (Å²) < 4.78 is 29.9. The molecule has 0 aliphatic rings. The van der Waals surface area contributed by atoms with Gasteiger partial charge in [0.25, 0.3) is 0 Å². The number of carbonyl (C=O) groups excluding carboxylic acids is 2. The molecule has 1 atom stereocenters. The zero-order chi connectivity index (χ0) is 26.5. The molecule has 1 heterocycles. The Morgan fingerprint density at radius 3 is 2.46 bits per heavy atom. The van der Waals surface area contributed by atoms with Crippen LogP contribution in [-0.2, 0) is 16.1 Å². The van der Waals surface area contributed by atoms with Gasteiger partial charge < -0.3 is 5.32 Å². The van der Waals surface area contributed by atoms with Gasteiger partial charge in [0.1, 0.15) is 29.7 Å². The second-order valence-corrected chi connectivity index (χ2v) is 9.36. The van der Waals surface area contributed by atoms with E-state index in [2.05, 4.69) is 15.6 Å². The zero-order valence-electron chi connectivity index (χ0n) is 21.0. The van der Waals surface area contributed by atoms with Crippen molar-refractivity contribution in [3.8, 4) is 0 Å². The summed E-state index contributed by atoms with van der Waals surface area (Å²) in [5.41, 5.74) is 2.25. The number of carbonyl (C=O) groups is 2. The third-order valence-electron chi connectivity index (χ3n) is 6.12. The van der Waals surface area contributed by atoms with Crippen molar-refractivity contribution >= 4 is 28.5 Å². The predicted octanol–water partition coefficient (Wildman–Crippen LogP) is 4.95. The first-order valence-corrected chi connectivity index (χ1v) is 12.1. The van der Waals surface area contributed by atoms with Crippen molar-refractivity contribution in [2.45, 2.75) is 39.8 Å². The van der Waals surface area contributed by atoms with Crippen LogP contribution in [0.15, 0.2) is 66.7 Å². The number of aromatic nitrogens is 3. The van der Waals surface area contributed by atoms with E-state index in [0.29, 0.717) is 34.6 Å². The maximum atomic E-state index is 14.7. The molecule has 0 bridgehead atoms. The van der Waals surface area contributed by atoms with Crippen LogP contribution in [0.1, 0.15) is 37.4 Å². The summed E-state index contributed by atoms with van der Waals surface area (Å²) in [4.78, 5) is 28.7. The van der Waals surface area contributed by atoms with Crippen LogP contribution >= 0.6 is 0 Å². The zero-order valence-corrected chi connectivity index (χ0v) is 21.0. The number of nitrogens with one attached hydrogen (secondary N) is 1. The molecule has 0 aliphatic carbocycles. The van der Waals surface area contributed by atoms with Crippen LogP contribution < -0.4 is 10.2 Å². The molecule has 3 aromatic carbocycles. The van der Waals surface area contributed by atoms with Gasteiger partial charge in [0.15, 0.2) is 0 Å². The summed E-state index contributed by atoms with van der Waals surface area (Å²) in [7, 11) is 0. The van der Waals surface area contributed by atoms with Gasteiger partial charge in [-0.25, -0.2) is 13.5 Å². The Kier molecular flexibility index (Phi) is 7.91. The lowest BCUT2D eigenvalue weighted by Gasteiger charge is -2.32. The minimum absolute atomic E-state index is 0.200. The molecule has 1 N–H and O–H groups in total. The van der Waals surface area contributed by atoms with E-state index in [0.717, 1.165) is 6.42 Å². The summed E-state index contributed by atoms with van der Waals surface area (Å²) in [6.45, 7) is 5.84. The largest absolute Gasteiger partial charge is 0.354 e. The van der Waals surface area contributed by atoms with Gasteiger partial charge in [0, 0.05) is 12.2 Å². The van der Waals surface area contributed by atoms with Gasteiger partial charge in [-0.2, -0.15) is 0 Å². The van der Waals surface area contributed by atoms with Crippen molar-refractivity contribution in [2.24, 2.45) is 5.92 Å². The van der Waals surface area contributed by atoms with Crippen LogP contribution in [0.2, 0.25) is 0 Å². The van der Waals surface area contributed by atoms with Crippen molar-refractivity contribution in [1.82, 2.24) is 20.3 Å². The standard InChI is InChI=1S/C28H29F2N5O2/c1-18(2)14-15-31-28(37)27(20-9-11-21(29)12-10-20)35(22-13-8-19(3)23(30)16-22)26(36)17-34-25-7-5-4-6-24(25)32-33-34/h4-13,16,18,27H,14-15,17H2,1-3H3,(H,31,37). The Bertz CT molecular complexity index is 1400. The Balaban J connectivity index is 1.78. The molecule has 0 spiro atoms. The van der Waals surface area contributed by atoms with Crippen LogP contribution in [0.3, 0.4) is 0 Å². The summed E-state index contributed by atoms with van der Waals surface area (Å²) in [6.07, 6.45) is 0.736. The number of halogens is 2. The predicted molar refractivity (Wildman–Crippen MR) is 138 cm³/mol. The van der Waals surface area contributed by atoms with Crippen LogP contribution in [0, 0.1) is 24.5 Å². The minimum atomic E-state index is -1.17. The molecular weight excluding hydrogens is 476 g/mol. The number of para-hydroxylation sites is 1. The number of rotatable bonds is 9. The number of amides is 2. The van der Waals surface area contributed by atoms with E-state index in [-0.39, 0.29) is 12.2 Å². The summed E-state index contributed by atoms with van der Waals surface area (Å²) in [5, 5.41) is 11.1. The van der Waals surface area contributed by atoms with Crippen molar-refractivity contribution in [2.75, 3.05) is 11.4 Å². The summed E-state index contributed by atoms with van der Waals surface area (Å²) in [5.74, 6) is -1.60. The lowest BCUT2D eigenvalue weighted by molar-refractivity contribution is -0.127. The van der Waals surface area contributed by atoms with E-state index < -0.39 is 29.5 Å². The first kappa shape index (κ1) is 25.9. The highest BCUT2D eigenvalue weighted by Gasteiger charge is 2.33. The summed E-state index contributed by atoms with van der Waals surface area (Å²) >= 11 is 0. The van der Waals surface area contributed by atoms with E-state index >= 15 is 0 Å². The number of anilines is 1. The lowest BCUT2D eigenvalue weighted by Crippen LogP contribution is -2.45. The lowest BCUT2D eigenvalue weighted by atomic mass is 10.0. The number of hydrogen-bond donors (Lipinski definition) is 1. The average Bonchev–Trinajstić information content (AvgIpc) is 3.27. The first-order valence-electron chi connectivity index (χ1n) is 12.1. The third kappa shape index (κ3) is 5.99. The fraction of sp³-hybridized carbons (Fsp3) is 0.286. The van der Waals surface area contributed by atoms with Crippen molar-refractivity contribution in [3.63, 3.8) is 0 Å². The molecule has 0 aliphatic heterocycles. The fourth-order valence-electron chi connectivity index (χ4n) is 4.05. The van der Waals surface area contributed by atoms with Crippen molar-refractivity contribution in [1.29, 1.82) is 0 Å². The van der Waals surface area contributed by atoms with Crippen molar-refractivity contribution in [3.05, 3.63) is 89.5 Å². The van der Waals surface area contributed by atoms with Crippen molar-refractivity contribution < 1.29 is 18.4 Å². The smallest absolute Gasteiger partial charge is 0.249 e. The molecular formula is C28H29F2N5O2. The summed E-state index contributed by atoms with van der Waals surface area (Å²) in [6, 6.07) is 15.8. The maximum Gasteiger partial charge on any atom is 0.249 e. The quantitative estimate of drug-likeness (QED) is 0.349.